The summed E-state index contributed by atoms with van der Waals surface area (Å²) in [5.74, 6) is 1.58. The van der Waals surface area contributed by atoms with E-state index in [-0.39, 0.29) is 24.8 Å². The molecule has 3 rings (SSSR count). The minimum absolute atomic E-state index is 0.187. The number of anilines is 2. The zero-order valence-corrected chi connectivity index (χ0v) is 17.5. The molecule has 0 radical (unpaired) electrons. The number of thioether (sulfide) groups is 1. The van der Waals surface area contributed by atoms with Crippen LogP contribution in [-0.4, -0.2) is 69.0 Å². The highest BCUT2D eigenvalue weighted by Crippen LogP contribution is 2.28. The molecule has 1 N–H and O–H groups in total. The first-order valence-corrected chi connectivity index (χ1v) is 11.1. The van der Waals surface area contributed by atoms with Crippen LogP contribution in [0.4, 0.5) is 20.6 Å². The highest BCUT2D eigenvalue weighted by Gasteiger charge is 2.32. The second-order valence-corrected chi connectivity index (χ2v) is 8.33. The number of halogens is 1. The van der Waals surface area contributed by atoms with E-state index >= 15 is 0 Å². The molecule has 2 aliphatic rings. The Morgan fingerprint density at radius 1 is 1.28 bits per heavy atom. The third-order valence-corrected chi connectivity index (χ3v) is 5.99. The predicted molar refractivity (Wildman–Crippen MR) is 112 cm³/mol. The van der Waals surface area contributed by atoms with E-state index in [9.17, 15) is 14.0 Å². The highest BCUT2D eigenvalue weighted by molar-refractivity contribution is 7.99. The quantitative estimate of drug-likeness (QED) is 0.800. The van der Waals surface area contributed by atoms with Crippen LogP contribution in [0.25, 0.3) is 0 Å². The maximum atomic E-state index is 14.9. The lowest BCUT2D eigenvalue weighted by Crippen LogP contribution is -2.33. The molecule has 1 atom stereocenters. The predicted octanol–water partition coefficient (Wildman–Crippen LogP) is 2.64. The molecule has 0 unspecified atom stereocenters. The number of amides is 2. The second-order valence-electron chi connectivity index (χ2n) is 7.11. The van der Waals surface area contributed by atoms with Crippen LogP contribution in [0.15, 0.2) is 18.2 Å². The smallest absolute Gasteiger partial charge is 0.414 e. The summed E-state index contributed by atoms with van der Waals surface area (Å²) in [6, 6.07) is 4.82. The zero-order valence-electron chi connectivity index (χ0n) is 16.7. The molecule has 0 aromatic heterocycles. The molecular formula is C20H28FN3O4S. The van der Waals surface area contributed by atoms with Gasteiger partial charge in [0.05, 0.1) is 31.1 Å². The monoisotopic (exact) mass is 425 g/mol. The van der Waals surface area contributed by atoms with Gasteiger partial charge in [0.25, 0.3) is 0 Å². The van der Waals surface area contributed by atoms with Crippen molar-refractivity contribution in [2.45, 2.75) is 25.9 Å². The molecular weight excluding hydrogens is 397 g/mol. The Morgan fingerprint density at radius 2 is 2.10 bits per heavy atom. The van der Waals surface area contributed by atoms with Crippen molar-refractivity contribution in [3.63, 3.8) is 0 Å². The van der Waals surface area contributed by atoms with E-state index in [1.807, 2.05) is 16.7 Å². The third-order valence-electron chi connectivity index (χ3n) is 4.84. The van der Waals surface area contributed by atoms with Crippen LogP contribution in [-0.2, 0) is 14.3 Å². The van der Waals surface area contributed by atoms with Crippen LogP contribution in [0.2, 0.25) is 0 Å². The van der Waals surface area contributed by atoms with Crippen molar-refractivity contribution in [3.8, 4) is 0 Å². The van der Waals surface area contributed by atoms with Gasteiger partial charge in [0.2, 0.25) is 5.91 Å². The van der Waals surface area contributed by atoms with Crippen LogP contribution >= 0.6 is 11.8 Å². The van der Waals surface area contributed by atoms with Crippen molar-refractivity contribution in [3.05, 3.63) is 24.0 Å². The molecule has 0 aliphatic carbocycles. The van der Waals surface area contributed by atoms with Gasteiger partial charge in [0.1, 0.15) is 11.9 Å². The number of cyclic esters (lactones) is 1. The normalized spacial score (nSPS) is 21.4. The van der Waals surface area contributed by atoms with E-state index in [2.05, 4.69) is 5.32 Å². The molecule has 2 heterocycles. The second kappa shape index (κ2) is 10.7. The van der Waals surface area contributed by atoms with Gasteiger partial charge in [0.15, 0.2) is 0 Å². The molecule has 1 aromatic rings. The Balaban J connectivity index is 1.67. The summed E-state index contributed by atoms with van der Waals surface area (Å²) in [5.41, 5.74) is 0.968. The average Bonchev–Trinajstić information content (AvgIpc) is 3.03. The lowest BCUT2D eigenvalue weighted by Gasteiger charge is -2.26. The van der Waals surface area contributed by atoms with Crippen molar-refractivity contribution >= 4 is 35.1 Å². The topological polar surface area (TPSA) is 71.1 Å². The summed E-state index contributed by atoms with van der Waals surface area (Å²) < 4.78 is 25.8. The molecule has 2 aliphatic heterocycles. The fourth-order valence-electron chi connectivity index (χ4n) is 3.37. The molecule has 7 nitrogen and oxygen atoms in total. The van der Waals surface area contributed by atoms with Gasteiger partial charge in [0, 0.05) is 26.6 Å². The van der Waals surface area contributed by atoms with Crippen LogP contribution < -0.4 is 15.1 Å². The lowest BCUT2D eigenvalue weighted by molar-refractivity contribution is -0.119. The summed E-state index contributed by atoms with van der Waals surface area (Å²) in [5, 5.41) is 2.63. The SMILES string of the molecule is CC(=O)NC[C@H]1CN(c2ccc(N3CCCSCCCOCC3)c(F)c2)C(=O)O1. The number of ether oxygens (including phenoxy) is 2. The number of carbonyl (C=O) groups excluding carboxylic acids is 2. The molecule has 2 saturated heterocycles. The maximum Gasteiger partial charge on any atom is 0.414 e. The molecule has 9 heteroatoms. The zero-order chi connectivity index (χ0) is 20.6. The lowest BCUT2D eigenvalue weighted by atomic mass is 10.2. The number of carbonyl (C=O) groups is 2. The highest BCUT2D eigenvalue weighted by atomic mass is 32.2. The first-order valence-electron chi connectivity index (χ1n) is 9.97. The summed E-state index contributed by atoms with van der Waals surface area (Å²) in [6.45, 7) is 4.61. The first-order chi connectivity index (χ1) is 14.0. The van der Waals surface area contributed by atoms with E-state index in [0.29, 0.717) is 24.5 Å². The van der Waals surface area contributed by atoms with Gasteiger partial charge >= 0.3 is 6.09 Å². The number of rotatable bonds is 4. The van der Waals surface area contributed by atoms with Gasteiger partial charge in [-0.1, -0.05) is 0 Å². The summed E-state index contributed by atoms with van der Waals surface area (Å²) in [4.78, 5) is 26.6. The number of benzene rings is 1. The van der Waals surface area contributed by atoms with Crippen molar-refractivity contribution in [2.75, 3.05) is 60.7 Å². The molecule has 29 heavy (non-hydrogen) atoms. The molecule has 160 valence electrons. The Kier molecular flexibility index (Phi) is 8.00. The molecule has 0 bridgehead atoms. The Bertz CT molecular complexity index is 709. The average molecular weight is 426 g/mol. The van der Waals surface area contributed by atoms with Gasteiger partial charge < -0.3 is 19.7 Å². The van der Waals surface area contributed by atoms with Gasteiger partial charge in [-0.25, -0.2) is 9.18 Å². The molecule has 2 amide bonds. The maximum absolute atomic E-state index is 14.9. The molecule has 0 saturated carbocycles. The minimum atomic E-state index is -0.534. The van der Waals surface area contributed by atoms with Crippen molar-refractivity contribution in [2.24, 2.45) is 0 Å². The largest absolute Gasteiger partial charge is 0.442 e. The van der Waals surface area contributed by atoms with Gasteiger partial charge in [-0.05, 0) is 42.5 Å². The fraction of sp³-hybridized carbons (Fsp3) is 0.600. The Labute approximate surface area is 174 Å². The summed E-state index contributed by atoms with van der Waals surface area (Å²) in [7, 11) is 0. The van der Waals surface area contributed by atoms with Gasteiger partial charge in [-0.2, -0.15) is 11.8 Å². The Morgan fingerprint density at radius 3 is 2.90 bits per heavy atom. The standard InChI is InChI=1S/C20H28FN3O4S/c1-15(25)22-13-17-14-24(20(26)28-17)16-4-5-19(18(21)12-16)23-6-2-10-29-11-3-8-27-9-7-23/h4-5,12,17H,2-3,6-11,13-14H2,1H3,(H,22,25)/t17-/m0/s1. The molecule has 0 spiro atoms. The van der Waals surface area contributed by atoms with E-state index in [4.69, 9.17) is 9.47 Å². The number of nitrogens with one attached hydrogen (secondary N) is 1. The van der Waals surface area contributed by atoms with E-state index in [1.165, 1.54) is 17.9 Å². The summed E-state index contributed by atoms with van der Waals surface area (Å²) >= 11 is 1.90. The number of hydrogen-bond acceptors (Lipinski definition) is 6. The van der Waals surface area contributed by atoms with Crippen molar-refractivity contribution < 1.29 is 23.5 Å². The third kappa shape index (κ3) is 6.24. The van der Waals surface area contributed by atoms with E-state index < -0.39 is 12.2 Å². The van der Waals surface area contributed by atoms with Crippen LogP contribution in [0.3, 0.4) is 0 Å². The Hall–Kier alpha value is -2.00. The van der Waals surface area contributed by atoms with Crippen LogP contribution in [0, 0.1) is 5.82 Å². The van der Waals surface area contributed by atoms with Crippen molar-refractivity contribution in [1.82, 2.24) is 5.32 Å². The van der Waals surface area contributed by atoms with Gasteiger partial charge in [-0.3, -0.25) is 9.69 Å². The van der Waals surface area contributed by atoms with Crippen molar-refractivity contribution in [1.29, 1.82) is 0 Å². The van der Waals surface area contributed by atoms with Gasteiger partial charge in [-0.15, -0.1) is 0 Å². The first kappa shape index (κ1) is 21.7. The van der Waals surface area contributed by atoms with Crippen LogP contribution in [0.1, 0.15) is 19.8 Å². The number of nitrogens with zero attached hydrogens (tertiary/aromatic N) is 2. The summed E-state index contributed by atoms with van der Waals surface area (Å²) in [6.07, 6.45) is 1.04. The van der Waals surface area contributed by atoms with E-state index in [0.717, 1.165) is 37.5 Å². The molecule has 2 fully saturated rings. The molecule has 1 aromatic carbocycles. The van der Waals surface area contributed by atoms with E-state index in [1.54, 1.807) is 12.1 Å². The fourth-order valence-corrected chi connectivity index (χ4v) is 4.23. The minimum Gasteiger partial charge on any atom is -0.442 e. The van der Waals surface area contributed by atoms with Crippen LogP contribution in [0.5, 0.6) is 0 Å². The number of hydrogen-bond donors (Lipinski definition) is 1.